The first-order valence-corrected chi connectivity index (χ1v) is 5.63. The fraction of sp³-hybridized carbons (Fsp3) is 1.00. The van der Waals surface area contributed by atoms with Gasteiger partial charge in [-0.1, -0.05) is 32.1 Å². The van der Waals surface area contributed by atoms with E-state index in [9.17, 15) is 0 Å². The van der Waals surface area contributed by atoms with Gasteiger partial charge in [-0.3, -0.25) is 0 Å². The van der Waals surface area contributed by atoms with Crippen LogP contribution < -0.4 is 5.32 Å². The van der Waals surface area contributed by atoms with Crippen molar-refractivity contribution in [1.82, 2.24) is 5.32 Å². The summed E-state index contributed by atoms with van der Waals surface area (Å²) in [5.41, 5.74) is 0. The van der Waals surface area contributed by atoms with Crippen molar-refractivity contribution in [3.63, 3.8) is 0 Å². The van der Waals surface area contributed by atoms with Gasteiger partial charge in [0, 0.05) is 13.7 Å². The van der Waals surface area contributed by atoms with Gasteiger partial charge < -0.3 is 10.1 Å². The average Bonchev–Trinajstić information content (AvgIpc) is 2.19. The molecule has 0 aromatic heterocycles. The van der Waals surface area contributed by atoms with Crippen LogP contribution in [0.5, 0.6) is 0 Å². The summed E-state index contributed by atoms with van der Waals surface area (Å²) in [7, 11) is 1.75. The number of methoxy groups -OCH3 is 1. The lowest BCUT2D eigenvalue weighted by Gasteiger charge is -2.21. The third-order valence-electron chi connectivity index (χ3n) is 2.94. The summed E-state index contributed by atoms with van der Waals surface area (Å²) in [6.45, 7) is 3.02. The summed E-state index contributed by atoms with van der Waals surface area (Å²) >= 11 is 0. The fourth-order valence-electron chi connectivity index (χ4n) is 2.08. The van der Waals surface area contributed by atoms with E-state index in [0.717, 1.165) is 19.1 Å². The first-order chi connectivity index (χ1) is 6.43. The lowest BCUT2D eigenvalue weighted by molar-refractivity contribution is 0.198. The minimum Gasteiger partial charge on any atom is -0.383 e. The summed E-state index contributed by atoms with van der Waals surface area (Å²) in [6, 6.07) is 0. The van der Waals surface area contributed by atoms with Gasteiger partial charge in [-0.25, -0.2) is 0 Å². The highest BCUT2D eigenvalue weighted by atomic mass is 35.5. The highest BCUT2D eigenvalue weighted by Gasteiger charge is 2.11. The Morgan fingerprint density at radius 2 is 1.86 bits per heavy atom. The van der Waals surface area contributed by atoms with Gasteiger partial charge in [0.25, 0.3) is 0 Å². The minimum absolute atomic E-state index is 0. The van der Waals surface area contributed by atoms with Gasteiger partial charge in [0.1, 0.15) is 0 Å². The molecule has 0 atom stereocenters. The zero-order chi connectivity index (χ0) is 9.36. The van der Waals surface area contributed by atoms with Crippen molar-refractivity contribution in [2.24, 2.45) is 5.92 Å². The molecule has 0 saturated heterocycles. The second kappa shape index (κ2) is 9.75. The molecule has 0 heterocycles. The van der Waals surface area contributed by atoms with Crippen LogP contribution in [0.3, 0.4) is 0 Å². The average molecular weight is 222 g/mol. The van der Waals surface area contributed by atoms with Gasteiger partial charge in [0.05, 0.1) is 6.61 Å². The van der Waals surface area contributed by atoms with E-state index in [-0.39, 0.29) is 12.4 Å². The van der Waals surface area contributed by atoms with Crippen molar-refractivity contribution in [3.05, 3.63) is 0 Å². The van der Waals surface area contributed by atoms with Crippen molar-refractivity contribution in [3.8, 4) is 0 Å². The Kier molecular flexibility index (Phi) is 9.90. The molecule has 1 saturated carbocycles. The predicted molar refractivity (Wildman–Crippen MR) is 63.2 cm³/mol. The van der Waals surface area contributed by atoms with Gasteiger partial charge >= 0.3 is 0 Å². The summed E-state index contributed by atoms with van der Waals surface area (Å²) in [4.78, 5) is 0. The normalized spacial score (nSPS) is 17.8. The molecule has 0 unspecified atom stereocenters. The van der Waals surface area contributed by atoms with Crippen LogP contribution in [0.15, 0.2) is 0 Å². The van der Waals surface area contributed by atoms with Crippen molar-refractivity contribution in [2.75, 3.05) is 26.8 Å². The van der Waals surface area contributed by atoms with Crippen LogP contribution in [0.2, 0.25) is 0 Å². The smallest absolute Gasteiger partial charge is 0.0587 e. The predicted octanol–water partition coefficient (Wildman–Crippen LogP) is 2.61. The highest BCUT2D eigenvalue weighted by Crippen LogP contribution is 2.25. The summed E-state index contributed by atoms with van der Waals surface area (Å²) in [6.07, 6.45) is 8.68. The second-order valence-electron chi connectivity index (χ2n) is 4.04. The Bertz CT molecular complexity index is 116. The van der Waals surface area contributed by atoms with Crippen molar-refractivity contribution >= 4 is 12.4 Å². The Balaban J connectivity index is 0.00000169. The lowest BCUT2D eigenvalue weighted by Crippen LogP contribution is -2.22. The summed E-state index contributed by atoms with van der Waals surface area (Å²) in [5, 5.41) is 3.41. The van der Waals surface area contributed by atoms with Gasteiger partial charge in [0.15, 0.2) is 0 Å². The molecule has 1 aliphatic carbocycles. The van der Waals surface area contributed by atoms with E-state index in [1.54, 1.807) is 7.11 Å². The maximum atomic E-state index is 4.97. The molecular weight excluding hydrogens is 198 g/mol. The standard InChI is InChI=1S/C11H23NO.ClH/c1-13-10-9-12-8-7-11-5-3-2-4-6-11;/h11-12H,2-10H2,1H3;1H. The van der Waals surface area contributed by atoms with E-state index in [1.165, 1.54) is 45.1 Å². The van der Waals surface area contributed by atoms with Gasteiger partial charge in [0.2, 0.25) is 0 Å². The zero-order valence-corrected chi connectivity index (χ0v) is 10.1. The number of rotatable bonds is 6. The summed E-state index contributed by atoms with van der Waals surface area (Å²) < 4.78 is 4.97. The van der Waals surface area contributed by atoms with Crippen LogP contribution in [0.25, 0.3) is 0 Å². The van der Waals surface area contributed by atoms with Crippen LogP contribution >= 0.6 is 12.4 Å². The van der Waals surface area contributed by atoms with Crippen LogP contribution in [0.1, 0.15) is 38.5 Å². The molecule has 1 fully saturated rings. The van der Waals surface area contributed by atoms with E-state index in [1.807, 2.05) is 0 Å². The number of halogens is 1. The van der Waals surface area contributed by atoms with E-state index in [4.69, 9.17) is 4.74 Å². The zero-order valence-electron chi connectivity index (χ0n) is 9.26. The molecule has 1 aliphatic rings. The van der Waals surface area contributed by atoms with Crippen LogP contribution in [-0.4, -0.2) is 26.8 Å². The van der Waals surface area contributed by atoms with Crippen LogP contribution in [0, 0.1) is 5.92 Å². The molecule has 0 radical (unpaired) electrons. The molecule has 3 heteroatoms. The molecule has 2 nitrogen and oxygen atoms in total. The molecule has 0 aromatic carbocycles. The third kappa shape index (κ3) is 6.63. The van der Waals surface area contributed by atoms with Gasteiger partial charge in [-0.2, -0.15) is 0 Å². The molecule has 0 spiro atoms. The molecule has 86 valence electrons. The Labute approximate surface area is 94.2 Å². The topological polar surface area (TPSA) is 21.3 Å². The van der Waals surface area contributed by atoms with Crippen molar-refractivity contribution in [1.29, 1.82) is 0 Å². The van der Waals surface area contributed by atoms with Gasteiger partial charge in [-0.15, -0.1) is 12.4 Å². The first-order valence-electron chi connectivity index (χ1n) is 5.63. The SMILES string of the molecule is COCCNCCC1CCCCC1.Cl. The van der Waals surface area contributed by atoms with Crippen molar-refractivity contribution < 1.29 is 4.74 Å². The molecule has 0 aliphatic heterocycles. The quantitative estimate of drug-likeness (QED) is 0.697. The monoisotopic (exact) mass is 221 g/mol. The number of hydrogen-bond acceptors (Lipinski definition) is 2. The van der Waals surface area contributed by atoms with Gasteiger partial charge in [-0.05, 0) is 18.9 Å². The third-order valence-corrected chi connectivity index (χ3v) is 2.94. The second-order valence-corrected chi connectivity index (χ2v) is 4.04. The molecule has 14 heavy (non-hydrogen) atoms. The maximum absolute atomic E-state index is 4.97. The molecule has 0 bridgehead atoms. The fourth-order valence-corrected chi connectivity index (χ4v) is 2.08. The maximum Gasteiger partial charge on any atom is 0.0587 e. The lowest BCUT2D eigenvalue weighted by atomic mass is 9.87. The molecule has 0 amide bonds. The number of nitrogens with one attached hydrogen (secondary N) is 1. The Morgan fingerprint density at radius 3 is 2.50 bits per heavy atom. The largest absolute Gasteiger partial charge is 0.383 e. The Hall–Kier alpha value is 0.210. The van der Waals surface area contributed by atoms with Crippen LogP contribution in [0.4, 0.5) is 0 Å². The molecule has 1 rings (SSSR count). The number of ether oxygens (including phenoxy) is 1. The molecular formula is C11H24ClNO. The van der Waals surface area contributed by atoms with E-state index in [0.29, 0.717) is 0 Å². The highest BCUT2D eigenvalue weighted by molar-refractivity contribution is 5.85. The van der Waals surface area contributed by atoms with Crippen molar-refractivity contribution in [2.45, 2.75) is 38.5 Å². The number of hydrogen-bond donors (Lipinski definition) is 1. The molecule has 0 aromatic rings. The first kappa shape index (κ1) is 14.2. The molecule has 1 N–H and O–H groups in total. The van der Waals surface area contributed by atoms with E-state index >= 15 is 0 Å². The Morgan fingerprint density at radius 1 is 1.14 bits per heavy atom. The summed E-state index contributed by atoms with van der Waals surface area (Å²) in [5.74, 6) is 1.00. The van der Waals surface area contributed by atoms with E-state index in [2.05, 4.69) is 5.32 Å². The van der Waals surface area contributed by atoms with Crippen LogP contribution in [-0.2, 0) is 4.74 Å². The minimum atomic E-state index is 0. The van der Waals surface area contributed by atoms with E-state index < -0.39 is 0 Å².